The highest BCUT2D eigenvalue weighted by Gasteiger charge is 2.11. The maximum atomic E-state index is 11.3. The van der Waals surface area contributed by atoms with Crippen LogP contribution in [0.1, 0.15) is 16.2 Å². The predicted octanol–water partition coefficient (Wildman–Crippen LogP) is 0.618. The molecule has 1 N–H and O–H groups in total. The second-order valence-electron chi connectivity index (χ2n) is 2.57. The maximum Gasteiger partial charge on any atom is 0.280 e. The fourth-order valence-electron chi connectivity index (χ4n) is 0.870. The Labute approximate surface area is 78.0 Å². The Morgan fingerprint density at radius 1 is 1.50 bits per heavy atom. The predicted molar refractivity (Wildman–Crippen MR) is 43.5 cm³/mol. The van der Waals surface area contributed by atoms with Crippen molar-refractivity contribution in [1.29, 1.82) is 0 Å². The third-order valence-corrected chi connectivity index (χ3v) is 1.46. The van der Waals surface area contributed by atoms with Gasteiger partial charge in [-0.05, 0) is 12.1 Å². The van der Waals surface area contributed by atoms with Gasteiger partial charge >= 0.3 is 0 Å². The minimum Gasteiger partial charge on any atom is -0.360 e. The van der Waals surface area contributed by atoms with E-state index in [-0.39, 0.29) is 5.69 Å². The molecule has 0 saturated carbocycles. The Kier molecular flexibility index (Phi) is 1.98. The first-order chi connectivity index (χ1) is 6.75. The largest absolute Gasteiger partial charge is 0.360 e. The highest BCUT2D eigenvalue weighted by Crippen LogP contribution is 2.07. The number of hydrogen-bond acceptors (Lipinski definition) is 6. The second kappa shape index (κ2) is 3.29. The summed E-state index contributed by atoms with van der Waals surface area (Å²) < 4.78 is 9.03. The van der Waals surface area contributed by atoms with Crippen molar-refractivity contribution in [3.8, 4) is 0 Å². The molecule has 0 aromatic carbocycles. The number of anilines is 1. The topological polar surface area (TPSA) is 94.1 Å². The molecule has 2 aromatic rings. The fraction of sp³-hybridized carbons (Fsp3) is 0.143. The smallest absolute Gasteiger partial charge is 0.280 e. The van der Waals surface area contributed by atoms with E-state index in [2.05, 4.69) is 25.4 Å². The van der Waals surface area contributed by atoms with E-state index in [9.17, 15) is 4.79 Å². The SMILES string of the molecule is Cc1cc(NC(=O)c2cnon2)no1. The van der Waals surface area contributed by atoms with Gasteiger partial charge in [-0.25, -0.2) is 4.63 Å². The number of rotatable bonds is 2. The summed E-state index contributed by atoms with van der Waals surface area (Å²) in [5.74, 6) is 0.494. The first-order valence-electron chi connectivity index (χ1n) is 3.78. The lowest BCUT2D eigenvalue weighted by atomic mass is 10.4. The monoisotopic (exact) mass is 194 g/mol. The lowest BCUT2D eigenvalue weighted by Gasteiger charge is -1.93. The second-order valence-corrected chi connectivity index (χ2v) is 2.57. The van der Waals surface area contributed by atoms with Crippen molar-refractivity contribution in [1.82, 2.24) is 15.5 Å². The number of hydrogen-bond donors (Lipinski definition) is 1. The molecule has 1 amide bonds. The summed E-state index contributed by atoms with van der Waals surface area (Å²) in [6, 6.07) is 1.59. The number of amides is 1. The zero-order valence-corrected chi connectivity index (χ0v) is 7.22. The molecule has 0 bridgehead atoms. The molecule has 0 unspecified atom stereocenters. The average molecular weight is 194 g/mol. The summed E-state index contributed by atoms with van der Waals surface area (Å²) >= 11 is 0. The third-order valence-electron chi connectivity index (χ3n) is 1.46. The molecule has 0 radical (unpaired) electrons. The average Bonchev–Trinajstić information content (AvgIpc) is 2.75. The van der Waals surface area contributed by atoms with E-state index in [0.717, 1.165) is 0 Å². The summed E-state index contributed by atoms with van der Waals surface area (Å²) in [5.41, 5.74) is 0.0886. The summed E-state index contributed by atoms with van der Waals surface area (Å²) in [5, 5.41) is 12.7. The van der Waals surface area contributed by atoms with E-state index >= 15 is 0 Å². The van der Waals surface area contributed by atoms with Crippen LogP contribution in [0.2, 0.25) is 0 Å². The van der Waals surface area contributed by atoms with Gasteiger partial charge in [0.25, 0.3) is 5.91 Å². The van der Waals surface area contributed by atoms with Gasteiger partial charge in [-0.3, -0.25) is 4.79 Å². The van der Waals surface area contributed by atoms with E-state index in [4.69, 9.17) is 4.52 Å². The molecule has 0 aliphatic rings. The summed E-state index contributed by atoms with van der Waals surface area (Å²) in [6.45, 7) is 1.72. The molecular weight excluding hydrogens is 188 g/mol. The molecule has 7 nitrogen and oxygen atoms in total. The van der Waals surface area contributed by atoms with Gasteiger partial charge in [0.2, 0.25) is 0 Å². The highest BCUT2D eigenvalue weighted by molar-refractivity contribution is 6.01. The molecule has 2 aromatic heterocycles. The van der Waals surface area contributed by atoms with E-state index in [1.165, 1.54) is 6.20 Å². The van der Waals surface area contributed by atoms with Gasteiger partial charge in [0, 0.05) is 6.07 Å². The van der Waals surface area contributed by atoms with Crippen molar-refractivity contribution >= 4 is 11.7 Å². The van der Waals surface area contributed by atoms with Gasteiger partial charge in [0.1, 0.15) is 12.0 Å². The standard InChI is InChI=1S/C7H6N4O3/c1-4-2-6(11-13-4)9-7(12)5-3-8-14-10-5/h2-3H,1H3,(H,9,11,12). The maximum absolute atomic E-state index is 11.3. The van der Waals surface area contributed by atoms with E-state index < -0.39 is 5.91 Å². The number of carbonyl (C=O) groups is 1. The third kappa shape index (κ3) is 1.60. The summed E-state index contributed by atoms with van der Waals surface area (Å²) in [7, 11) is 0. The van der Waals surface area contributed by atoms with Crippen LogP contribution in [-0.2, 0) is 0 Å². The number of aromatic nitrogens is 3. The molecule has 0 saturated heterocycles. The molecule has 0 aliphatic carbocycles. The Morgan fingerprint density at radius 3 is 2.93 bits per heavy atom. The molecular formula is C7H6N4O3. The van der Waals surface area contributed by atoms with Crippen molar-refractivity contribution < 1.29 is 13.9 Å². The quantitative estimate of drug-likeness (QED) is 0.752. The van der Waals surface area contributed by atoms with Crippen LogP contribution in [0.5, 0.6) is 0 Å². The van der Waals surface area contributed by atoms with E-state index in [1.54, 1.807) is 13.0 Å². The number of nitrogens with zero attached hydrogens (tertiary/aromatic N) is 3. The molecule has 2 heterocycles. The first-order valence-corrected chi connectivity index (χ1v) is 3.78. The van der Waals surface area contributed by atoms with E-state index in [0.29, 0.717) is 11.6 Å². The Morgan fingerprint density at radius 2 is 2.36 bits per heavy atom. The number of aryl methyl sites for hydroxylation is 1. The first kappa shape index (κ1) is 8.42. The minimum atomic E-state index is -0.445. The lowest BCUT2D eigenvalue weighted by Crippen LogP contribution is -2.12. The van der Waals surface area contributed by atoms with Crippen LogP contribution in [0.3, 0.4) is 0 Å². The van der Waals surface area contributed by atoms with Crippen molar-refractivity contribution in [2.75, 3.05) is 5.32 Å². The number of carbonyl (C=O) groups excluding carboxylic acids is 1. The van der Waals surface area contributed by atoms with Gasteiger partial charge in [0.05, 0.1) is 0 Å². The van der Waals surface area contributed by atoms with Crippen LogP contribution >= 0.6 is 0 Å². The van der Waals surface area contributed by atoms with Crippen LogP contribution < -0.4 is 5.32 Å². The Balaban J connectivity index is 2.09. The van der Waals surface area contributed by atoms with Crippen LogP contribution in [0.15, 0.2) is 21.4 Å². The summed E-state index contributed by atoms with van der Waals surface area (Å²) in [6.07, 6.45) is 1.21. The fourth-order valence-corrected chi connectivity index (χ4v) is 0.870. The van der Waals surface area contributed by atoms with Crippen molar-refractivity contribution in [3.63, 3.8) is 0 Å². The lowest BCUT2D eigenvalue weighted by molar-refractivity contribution is 0.101. The molecule has 0 fully saturated rings. The van der Waals surface area contributed by atoms with Gasteiger partial charge in [-0.15, -0.1) is 0 Å². The normalized spacial score (nSPS) is 10.1. The van der Waals surface area contributed by atoms with Crippen LogP contribution in [0.25, 0.3) is 0 Å². The van der Waals surface area contributed by atoms with Crippen molar-refractivity contribution in [2.24, 2.45) is 0 Å². The molecule has 72 valence electrons. The zero-order valence-electron chi connectivity index (χ0n) is 7.22. The van der Waals surface area contributed by atoms with Gasteiger partial charge in [-0.2, -0.15) is 0 Å². The van der Waals surface area contributed by atoms with Gasteiger partial charge in [-0.1, -0.05) is 10.3 Å². The number of nitrogens with one attached hydrogen (secondary N) is 1. The van der Waals surface area contributed by atoms with Crippen LogP contribution in [-0.4, -0.2) is 21.4 Å². The van der Waals surface area contributed by atoms with Gasteiger partial charge < -0.3 is 9.84 Å². The Hall–Kier alpha value is -2.18. The van der Waals surface area contributed by atoms with Crippen LogP contribution in [0.4, 0.5) is 5.82 Å². The van der Waals surface area contributed by atoms with E-state index in [1.807, 2.05) is 0 Å². The van der Waals surface area contributed by atoms with Crippen LogP contribution in [0, 0.1) is 6.92 Å². The molecule has 0 aliphatic heterocycles. The molecule has 0 spiro atoms. The molecule has 14 heavy (non-hydrogen) atoms. The molecule has 0 atom stereocenters. The van der Waals surface area contributed by atoms with Crippen molar-refractivity contribution in [3.05, 3.63) is 23.7 Å². The summed E-state index contributed by atoms with van der Waals surface area (Å²) in [4.78, 5) is 11.3. The molecule has 2 rings (SSSR count). The minimum absolute atomic E-state index is 0.0886. The van der Waals surface area contributed by atoms with Crippen molar-refractivity contribution in [2.45, 2.75) is 6.92 Å². The van der Waals surface area contributed by atoms with Gasteiger partial charge in [0.15, 0.2) is 11.5 Å². The Bertz CT molecular complexity index is 433. The molecule has 7 heteroatoms. The zero-order chi connectivity index (χ0) is 9.97. The highest BCUT2D eigenvalue weighted by atomic mass is 16.6.